The number of piperidine rings is 1. The van der Waals surface area contributed by atoms with Gasteiger partial charge < -0.3 is 10.6 Å². The van der Waals surface area contributed by atoms with Gasteiger partial charge in [0.2, 0.25) is 0 Å². The number of rotatable bonds is 4. The molecular formula is C11H19N3. The van der Waals surface area contributed by atoms with Crippen molar-refractivity contribution in [2.45, 2.75) is 25.8 Å². The van der Waals surface area contributed by atoms with Gasteiger partial charge in [-0.1, -0.05) is 12.7 Å². The summed E-state index contributed by atoms with van der Waals surface area (Å²) in [5.41, 5.74) is 0. The average Bonchev–Trinajstić information content (AvgIpc) is 2.20. The molecule has 3 nitrogen and oxygen atoms in total. The standard InChI is InChI=1S/C11H19N3/c1-3-6-11(13-4-2)14-10-7-5-8-12-9-10/h3-4,6,10,12,14H,1,5,7-9H2,2H3/b11-6+,13-4-. The second-order valence-corrected chi connectivity index (χ2v) is 3.36. The lowest BCUT2D eigenvalue weighted by atomic mass is 10.1. The summed E-state index contributed by atoms with van der Waals surface area (Å²) >= 11 is 0. The summed E-state index contributed by atoms with van der Waals surface area (Å²) in [4.78, 5) is 4.23. The Morgan fingerprint density at radius 2 is 2.50 bits per heavy atom. The third-order valence-electron chi connectivity index (χ3n) is 2.19. The van der Waals surface area contributed by atoms with Gasteiger partial charge in [-0.2, -0.15) is 0 Å². The van der Waals surface area contributed by atoms with E-state index in [1.165, 1.54) is 12.8 Å². The van der Waals surface area contributed by atoms with Crippen molar-refractivity contribution in [3.05, 3.63) is 24.6 Å². The maximum absolute atomic E-state index is 4.23. The molecule has 1 unspecified atom stereocenters. The highest BCUT2D eigenvalue weighted by atomic mass is 15.1. The molecule has 0 spiro atoms. The molecule has 0 radical (unpaired) electrons. The van der Waals surface area contributed by atoms with Gasteiger partial charge in [-0.05, 0) is 32.4 Å². The number of allylic oxidation sites excluding steroid dienone is 2. The van der Waals surface area contributed by atoms with E-state index in [0.717, 1.165) is 18.9 Å². The summed E-state index contributed by atoms with van der Waals surface area (Å²) < 4.78 is 0. The van der Waals surface area contributed by atoms with E-state index in [4.69, 9.17) is 0 Å². The Balaban J connectivity index is 2.45. The minimum absolute atomic E-state index is 0.499. The van der Waals surface area contributed by atoms with Crippen LogP contribution in [0.3, 0.4) is 0 Å². The molecule has 0 bridgehead atoms. The molecule has 0 aromatic heterocycles. The predicted octanol–water partition coefficient (Wildman–Crippen LogP) is 1.45. The molecule has 1 saturated heterocycles. The van der Waals surface area contributed by atoms with Crippen LogP contribution in [0.15, 0.2) is 29.5 Å². The van der Waals surface area contributed by atoms with Crippen LogP contribution in [0.5, 0.6) is 0 Å². The van der Waals surface area contributed by atoms with Gasteiger partial charge in [0.1, 0.15) is 5.82 Å². The van der Waals surface area contributed by atoms with Crippen molar-refractivity contribution >= 4 is 6.21 Å². The third kappa shape index (κ3) is 3.75. The number of aliphatic imine (C=N–C) groups is 1. The van der Waals surface area contributed by atoms with Gasteiger partial charge in [0.15, 0.2) is 0 Å². The maximum Gasteiger partial charge on any atom is 0.125 e. The van der Waals surface area contributed by atoms with Gasteiger partial charge in [-0.15, -0.1) is 0 Å². The van der Waals surface area contributed by atoms with Crippen molar-refractivity contribution in [3.8, 4) is 0 Å². The minimum Gasteiger partial charge on any atom is -0.366 e. The average molecular weight is 193 g/mol. The highest BCUT2D eigenvalue weighted by Gasteiger charge is 2.12. The van der Waals surface area contributed by atoms with Crippen molar-refractivity contribution in [2.24, 2.45) is 4.99 Å². The maximum atomic E-state index is 4.23. The van der Waals surface area contributed by atoms with E-state index < -0.39 is 0 Å². The Kier molecular flexibility index (Phi) is 5.00. The number of nitrogens with one attached hydrogen (secondary N) is 2. The first-order valence-corrected chi connectivity index (χ1v) is 5.15. The molecule has 1 aliphatic rings. The minimum atomic E-state index is 0.499. The number of nitrogens with zero attached hydrogens (tertiary/aromatic N) is 1. The largest absolute Gasteiger partial charge is 0.366 e. The van der Waals surface area contributed by atoms with Crippen LogP contribution in [0.4, 0.5) is 0 Å². The molecule has 0 aromatic carbocycles. The smallest absolute Gasteiger partial charge is 0.125 e. The van der Waals surface area contributed by atoms with Gasteiger partial charge in [0.25, 0.3) is 0 Å². The summed E-state index contributed by atoms with van der Waals surface area (Å²) in [6, 6.07) is 0.499. The van der Waals surface area contributed by atoms with Crippen LogP contribution in [0.1, 0.15) is 19.8 Å². The molecule has 0 saturated carbocycles. The zero-order valence-corrected chi connectivity index (χ0v) is 8.79. The van der Waals surface area contributed by atoms with Gasteiger partial charge in [-0.25, -0.2) is 4.99 Å². The normalized spacial score (nSPS) is 23.8. The molecule has 1 aliphatic heterocycles. The van der Waals surface area contributed by atoms with Crippen LogP contribution >= 0.6 is 0 Å². The second kappa shape index (κ2) is 6.38. The van der Waals surface area contributed by atoms with E-state index in [9.17, 15) is 0 Å². The Morgan fingerprint density at radius 3 is 3.07 bits per heavy atom. The fraction of sp³-hybridized carbons (Fsp3) is 0.545. The summed E-state index contributed by atoms with van der Waals surface area (Å²) in [5, 5.41) is 6.74. The molecule has 14 heavy (non-hydrogen) atoms. The van der Waals surface area contributed by atoms with Crippen LogP contribution in [-0.2, 0) is 0 Å². The van der Waals surface area contributed by atoms with E-state index in [1.807, 2.05) is 13.0 Å². The second-order valence-electron chi connectivity index (χ2n) is 3.36. The zero-order chi connectivity index (χ0) is 10.2. The molecule has 1 heterocycles. The quantitative estimate of drug-likeness (QED) is 0.523. The molecule has 0 aliphatic carbocycles. The lowest BCUT2D eigenvalue weighted by Crippen LogP contribution is -2.42. The predicted molar refractivity (Wildman–Crippen MR) is 61.5 cm³/mol. The summed E-state index contributed by atoms with van der Waals surface area (Å²) in [7, 11) is 0. The molecule has 3 heteroatoms. The fourth-order valence-corrected chi connectivity index (χ4v) is 1.56. The Labute approximate surface area is 86.0 Å². The third-order valence-corrected chi connectivity index (χ3v) is 2.19. The Hall–Kier alpha value is -1.09. The van der Waals surface area contributed by atoms with Crippen molar-refractivity contribution < 1.29 is 0 Å². The lowest BCUT2D eigenvalue weighted by Gasteiger charge is -2.24. The van der Waals surface area contributed by atoms with Crippen LogP contribution in [-0.4, -0.2) is 25.3 Å². The van der Waals surface area contributed by atoms with E-state index >= 15 is 0 Å². The van der Waals surface area contributed by atoms with Gasteiger partial charge >= 0.3 is 0 Å². The van der Waals surface area contributed by atoms with Gasteiger partial charge in [0.05, 0.1) is 0 Å². The van der Waals surface area contributed by atoms with Crippen LogP contribution < -0.4 is 10.6 Å². The van der Waals surface area contributed by atoms with Crippen LogP contribution in [0.25, 0.3) is 0 Å². The van der Waals surface area contributed by atoms with Gasteiger partial charge in [0, 0.05) is 18.8 Å². The summed E-state index contributed by atoms with van der Waals surface area (Å²) in [5.74, 6) is 0.899. The van der Waals surface area contributed by atoms with Crippen molar-refractivity contribution in [3.63, 3.8) is 0 Å². The number of hydrogen-bond donors (Lipinski definition) is 2. The first kappa shape index (κ1) is 11.0. The molecule has 1 rings (SSSR count). The molecule has 78 valence electrons. The first-order valence-electron chi connectivity index (χ1n) is 5.15. The zero-order valence-electron chi connectivity index (χ0n) is 8.79. The van der Waals surface area contributed by atoms with E-state index in [-0.39, 0.29) is 0 Å². The molecule has 0 amide bonds. The molecule has 1 atom stereocenters. The number of hydrogen-bond acceptors (Lipinski definition) is 3. The van der Waals surface area contributed by atoms with E-state index in [0.29, 0.717) is 6.04 Å². The summed E-state index contributed by atoms with van der Waals surface area (Å²) in [6.07, 6.45) is 7.88. The molecule has 1 fully saturated rings. The van der Waals surface area contributed by atoms with E-state index in [1.54, 1.807) is 12.3 Å². The molecule has 0 aromatic rings. The van der Waals surface area contributed by atoms with Crippen LogP contribution in [0.2, 0.25) is 0 Å². The molecule has 2 N–H and O–H groups in total. The molecular weight excluding hydrogens is 174 g/mol. The fourth-order valence-electron chi connectivity index (χ4n) is 1.56. The lowest BCUT2D eigenvalue weighted by molar-refractivity contribution is 0.413. The first-order chi connectivity index (χ1) is 6.86. The van der Waals surface area contributed by atoms with Crippen molar-refractivity contribution in [1.29, 1.82) is 0 Å². The Bertz CT molecular complexity index is 225. The highest BCUT2D eigenvalue weighted by molar-refractivity contribution is 5.55. The van der Waals surface area contributed by atoms with Crippen molar-refractivity contribution in [2.75, 3.05) is 13.1 Å². The summed E-state index contributed by atoms with van der Waals surface area (Å²) in [6.45, 7) is 7.74. The Morgan fingerprint density at radius 1 is 1.64 bits per heavy atom. The van der Waals surface area contributed by atoms with E-state index in [2.05, 4.69) is 22.2 Å². The monoisotopic (exact) mass is 193 g/mol. The SMILES string of the molecule is C=C/C=C(\N=C/C)NC1CCCNC1. The van der Waals surface area contributed by atoms with Crippen LogP contribution in [0, 0.1) is 0 Å². The highest BCUT2D eigenvalue weighted by Crippen LogP contribution is 2.04. The van der Waals surface area contributed by atoms with Gasteiger partial charge in [-0.3, -0.25) is 0 Å². The van der Waals surface area contributed by atoms with Crippen molar-refractivity contribution in [1.82, 2.24) is 10.6 Å². The topological polar surface area (TPSA) is 36.4 Å².